The van der Waals surface area contributed by atoms with Crippen molar-refractivity contribution in [2.75, 3.05) is 0 Å². The number of esters is 1. The fourth-order valence-corrected chi connectivity index (χ4v) is 5.39. The quantitative estimate of drug-likeness (QED) is 0.132. The SMILES string of the molecule is Cc1oc(=O)oc1COC(=O)CCc1cc(C(=O)c2ccc(OC3CCCC3)cc2O)ccc1OCc1ccc2c(=O)[nH]oc2c1. The van der Waals surface area contributed by atoms with Gasteiger partial charge in [-0.1, -0.05) is 6.07 Å². The first-order valence-corrected chi connectivity index (χ1v) is 14.9. The van der Waals surface area contributed by atoms with Crippen molar-refractivity contribution in [1.82, 2.24) is 5.16 Å². The molecule has 0 unspecified atom stereocenters. The molecule has 1 saturated carbocycles. The third-order valence-electron chi connectivity index (χ3n) is 7.88. The van der Waals surface area contributed by atoms with E-state index in [9.17, 15) is 24.3 Å². The predicted molar refractivity (Wildman–Crippen MR) is 162 cm³/mol. The van der Waals surface area contributed by atoms with E-state index in [4.69, 9.17) is 27.6 Å². The number of aromatic amines is 1. The maximum Gasteiger partial charge on any atom is 0.519 e. The molecule has 1 aliphatic carbocycles. The second-order valence-electron chi connectivity index (χ2n) is 11.1. The molecule has 12 nitrogen and oxygen atoms in total. The molecule has 0 aliphatic heterocycles. The number of hydrogen-bond donors (Lipinski definition) is 2. The number of ketones is 1. The Morgan fingerprint density at radius 3 is 2.57 bits per heavy atom. The number of hydrogen-bond acceptors (Lipinski definition) is 11. The number of carbonyl (C=O) groups is 2. The molecule has 0 saturated heterocycles. The fourth-order valence-electron chi connectivity index (χ4n) is 5.39. The zero-order chi connectivity index (χ0) is 32.2. The highest BCUT2D eigenvalue weighted by atomic mass is 16.6. The lowest BCUT2D eigenvalue weighted by atomic mass is 9.98. The molecule has 2 N–H and O–H groups in total. The van der Waals surface area contributed by atoms with E-state index < -0.39 is 17.6 Å². The van der Waals surface area contributed by atoms with Gasteiger partial charge in [0.1, 0.15) is 23.9 Å². The van der Waals surface area contributed by atoms with Crippen LogP contribution >= 0.6 is 0 Å². The molecule has 2 aromatic heterocycles. The van der Waals surface area contributed by atoms with Crippen LogP contribution in [0.5, 0.6) is 17.2 Å². The Hall–Kier alpha value is -5.52. The van der Waals surface area contributed by atoms with Crippen molar-refractivity contribution in [3.8, 4) is 17.2 Å². The molecule has 1 aliphatic rings. The van der Waals surface area contributed by atoms with Crippen LogP contribution in [-0.4, -0.2) is 28.1 Å². The predicted octanol–water partition coefficient (Wildman–Crippen LogP) is 5.49. The van der Waals surface area contributed by atoms with E-state index in [2.05, 4.69) is 5.16 Å². The Balaban J connectivity index is 1.19. The van der Waals surface area contributed by atoms with E-state index in [1.54, 1.807) is 42.5 Å². The molecular weight excluding hydrogens is 598 g/mol. The zero-order valence-electron chi connectivity index (χ0n) is 25.0. The van der Waals surface area contributed by atoms with Crippen LogP contribution in [0.15, 0.2) is 77.5 Å². The molecule has 12 heteroatoms. The second-order valence-corrected chi connectivity index (χ2v) is 11.1. The Morgan fingerprint density at radius 2 is 1.80 bits per heavy atom. The van der Waals surface area contributed by atoms with Crippen molar-refractivity contribution < 1.29 is 42.3 Å². The minimum Gasteiger partial charge on any atom is -0.507 e. The molecule has 0 radical (unpaired) electrons. The number of phenols is 1. The summed E-state index contributed by atoms with van der Waals surface area (Å²) in [6.45, 7) is 1.36. The summed E-state index contributed by atoms with van der Waals surface area (Å²) in [6, 6.07) is 14.5. The average Bonchev–Trinajstić information content (AvgIpc) is 3.77. The summed E-state index contributed by atoms with van der Waals surface area (Å²) in [5.41, 5.74) is 1.71. The third kappa shape index (κ3) is 6.90. The van der Waals surface area contributed by atoms with Gasteiger partial charge in [-0.05, 0) is 92.6 Å². The molecule has 238 valence electrons. The standard InChI is InChI=1S/C34H31NO11/c1-19-30(45-34(40)43-19)18-42-31(37)13-8-21-15-22(32(38)25-11-9-24(16-27(25)36)44-23-4-2-3-5-23)7-12-28(21)41-17-20-6-10-26-29(14-20)46-35-33(26)39/h6-7,9-12,14-16,23,36H,2-5,8,13,17-18H2,1H3,(H,35,39). The maximum absolute atomic E-state index is 13.5. The van der Waals surface area contributed by atoms with Crippen molar-refractivity contribution in [2.24, 2.45) is 0 Å². The van der Waals surface area contributed by atoms with E-state index in [1.165, 1.54) is 19.1 Å². The minimum absolute atomic E-state index is 0.0753. The molecule has 0 bridgehead atoms. The highest BCUT2D eigenvalue weighted by Gasteiger charge is 2.21. The smallest absolute Gasteiger partial charge is 0.507 e. The summed E-state index contributed by atoms with van der Waals surface area (Å²) in [6.07, 6.45) is 4.31. The minimum atomic E-state index is -0.883. The van der Waals surface area contributed by atoms with Gasteiger partial charge in [0.2, 0.25) is 0 Å². The topological polar surface area (TPSA) is 171 Å². The molecule has 0 amide bonds. The van der Waals surface area contributed by atoms with Crippen LogP contribution in [0.3, 0.4) is 0 Å². The first kappa shape index (κ1) is 30.5. The van der Waals surface area contributed by atoms with Gasteiger partial charge in [-0.3, -0.25) is 14.4 Å². The fraction of sp³-hybridized carbons (Fsp3) is 0.294. The number of ether oxygens (including phenoxy) is 3. The van der Waals surface area contributed by atoms with Gasteiger partial charge < -0.3 is 32.7 Å². The first-order valence-electron chi connectivity index (χ1n) is 14.9. The Kier molecular flexibility index (Phi) is 8.77. The van der Waals surface area contributed by atoms with Crippen LogP contribution < -0.4 is 20.9 Å². The number of aryl methyl sites for hydroxylation is 2. The van der Waals surface area contributed by atoms with Crippen LogP contribution in [0.1, 0.15) is 70.7 Å². The van der Waals surface area contributed by atoms with Gasteiger partial charge in [-0.15, -0.1) is 0 Å². The normalized spacial score (nSPS) is 13.2. The lowest BCUT2D eigenvalue weighted by molar-refractivity contribution is -0.145. The summed E-state index contributed by atoms with van der Waals surface area (Å²) in [5, 5.41) is 13.4. The molecule has 46 heavy (non-hydrogen) atoms. The van der Waals surface area contributed by atoms with Gasteiger partial charge in [0.05, 0.1) is 17.1 Å². The highest BCUT2D eigenvalue weighted by Crippen LogP contribution is 2.31. The molecule has 0 spiro atoms. The lowest BCUT2D eigenvalue weighted by Crippen LogP contribution is -2.11. The van der Waals surface area contributed by atoms with Gasteiger partial charge in [0.15, 0.2) is 29.5 Å². The number of phenolic OH excluding ortho intramolecular Hbond substituents is 1. The van der Waals surface area contributed by atoms with E-state index in [0.717, 1.165) is 31.2 Å². The molecule has 0 atom stereocenters. The monoisotopic (exact) mass is 629 g/mol. The van der Waals surface area contributed by atoms with Crippen molar-refractivity contribution in [3.05, 3.63) is 109 Å². The molecular formula is C34H31NO11. The van der Waals surface area contributed by atoms with Gasteiger partial charge >= 0.3 is 11.8 Å². The third-order valence-corrected chi connectivity index (χ3v) is 7.88. The number of benzene rings is 3. The number of aromatic hydroxyl groups is 1. The van der Waals surface area contributed by atoms with Crippen molar-refractivity contribution in [2.45, 2.75) is 64.8 Å². The van der Waals surface area contributed by atoms with Crippen molar-refractivity contribution in [3.63, 3.8) is 0 Å². The highest BCUT2D eigenvalue weighted by molar-refractivity contribution is 6.11. The largest absolute Gasteiger partial charge is 0.519 e. The summed E-state index contributed by atoms with van der Waals surface area (Å²) in [5.74, 6) is -0.812. The summed E-state index contributed by atoms with van der Waals surface area (Å²) >= 11 is 0. The van der Waals surface area contributed by atoms with Crippen LogP contribution in [0.2, 0.25) is 0 Å². The van der Waals surface area contributed by atoms with Crippen LogP contribution in [-0.2, 0) is 29.2 Å². The number of aromatic nitrogens is 1. The summed E-state index contributed by atoms with van der Waals surface area (Å²) in [4.78, 5) is 49.2. The maximum atomic E-state index is 13.5. The lowest BCUT2D eigenvalue weighted by Gasteiger charge is -2.15. The number of H-pyrrole nitrogens is 1. The van der Waals surface area contributed by atoms with E-state index >= 15 is 0 Å². The zero-order valence-corrected chi connectivity index (χ0v) is 25.0. The summed E-state index contributed by atoms with van der Waals surface area (Å²) in [7, 11) is 0. The molecule has 3 aromatic carbocycles. The first-order chi connectivity index (χ1) is 22.2. The molecule has 5 aromatic rings. The number of nitrogens with one attached hydrogen (secondary N) is 1. The van der Waals surface area contributed by atoms with Gasteiger partial charge in [0, 0.05) is 18.1 Å². The number of fused-ring (bicyclic) bond motifs is 1. The van der Waals surface area contributed by atoms with Crippen LogP contribution in [0.25, 0.3) is 11.0 Å². The number of carbonyl (C=O) groups excluding carboxylic acids is 2. The number of rotatable bonds is 12. The van der Waals surface area contributed by atoms with Gasteiger partial charge in [-0.25, -0.2) is 4.79 Å². The van der Waals surface area contributed by atoms with Crippen molar-refractivity contribution in [1.29, 1.82) is 0 Å². The van der Waals surface area contributed by atoms with Crippen LogP contribution in [0.4, 0.5) is 0 Å². The van der Waals surface area contributed by atoms with E-state index in [1.807, 2.05) is 0 Å². The van der Waals surface area contributed by atoms with Gasteiger partial charge in [0.25, 0.3) is 5.56 Å². The van der Waals surface area contributed by atoms with E-state index in [-0.39, 0.29) is 66.1 Å². The molecule has 6 rings (SSSR count). The Morgan fingerprint density at radius 1 is 0.978 bits per heavy atom. The van der Waals surface area contributed by atoms with E-state index in [0.29, 0.717) is 28.0 Å². The van der Waals surface area contributed by atoms with Crippen LogP contribution in [0, 0.1) is 6.92 Å². The Bertz CT molecular complexity index is 2010. The van der Waals surface area contributed by atoms with Crippen molar-refractivity contribution >= 4 is 22.7 Å². The second kappa shape index (κ2) is 13.2. The average molecular weight is 630 g/mol. The van der Waals surface area contributed by atoms with Gasteiger partial charge in [-0.2, -0.15) is 5.16 Å². The Labute approximate surface area is 261 Å². The molecule has 2 heterocycles. The summed E-state index contributed by atoms with van der Waals surface area (Å²) < 4.78 is 32.1. The molecule has 1 fully saturated rings.